The largest absolute Gasteiger partial charge is 0.323 e. The molecule has 1 N–H and O–H groups in total. The number of hydrogen-bond donors (Lipinski definition) is 1. The van der Waals surface area contributed by atoms with Gasteiger partial charge in [-0.2, -0.15) is 0 Å². The smallest absolute Gasteiger partial charge is 0.248 e. The summed E-state index contributed by atoms with van der Waals surface area (Å²) in [5, 5.41) is 2.80. The van der Waals surface area contributed by atoms with E-state index in [1.54, 1.807) is 0 Å². The van der Waals surface area contributed by atoms with Gasteiger partial charge in [-0.15, -0.1) is 0 Å². The van der Waals surface area contributed by atoms with Crippen molar-refractivity contribution in [2.45, 2.75) is 59.3 Å². The summed E-state index contributed by atoms with van der Waals surface area (Å²) in [4.78, 5) is 24.8. The van der Waals surface area contributed by atoms with Crippen molar-refractivity contribution in [3.05, 3.63) is 76.9 Å². The summed E-state index contributed by atoms with van der Waals surface area (Å²) in [6.07, 6.45) is 2.66. The minimum atomic E-state index is -0.310. The van der Waals surface area contributed by atoms with Gasteiger partial charge in [0.15, 0.2) is 5.78 Å². The van der Waals surface area contributed by atoms with Crippen molar-refractivity contribution in [2.24, 2.45) is 0 Å². The summed E-state index contributed by atoms with van der Waals surface area (Å²) >= 11 is 0. The van der Waals surface area contributed by atoms with Crippen molar-refractivity contribution in [3.8, 4) is 0 Å². The summed E-state index contributed by atoms with van der Waals surface area (Å²) in [7, 11) is 0. The number of rotatable bonds is 7. The molecule has 0 fully saturated rings. The molecule has 0 aliphatic carbocycles. The van der Waals surface area contributed by atoms with Crippen molar-refractivity contribution in [1.82, 2.24) is 0 Å². The first-order valence-electron chi connectivity index (χ1n) is 9.96. The zero-order chi connectivity index (χ0) is 20.8. The number of benzene rings is 2. The summed E-state index contributed by atoms with van der Waals surface area (Å²) in [5.41, 5.74) is 4.83. The second kappa shape index (κ2) is 9.50. The van der Waals surface area contributed by atoms with E-state index in [1.807, 2.05) is 36.4 Å². The van der Waals surface area contributed by atoms with Crippen molar-refractivity contribution in [3.63, 3.8) is 0 Å². The van der Waals surface area contributed by atoms with Crippen LogP contribution in [0.15, 0.2) is 54.6 Å². The Hall–Kier alpha value is -2.68. The van der Waals surface area contributed by atoms with Crippen molar-refractivity contribution < 1.29 is 9.59 Å². The van der Waals surface area contributed by atoms with Gasteiger partial charge in [0.05, 0.1) is 0 Å². The molecule has 148 valence electrons. The highest BCUT2D eigenvalue weighted by molar-refractivity contribution is 6.10. The Balaban J connectivity index is 2.11. The molecular formula is C25H31NO2. The zero-order valence-corrected chi connectivity index (χ0v) is 17.7. The van der Waals surface area contributed by atoms with Crippen molar-refractivity contribution >= 4 is 17.4 Å². The average Bonchev–Trinajstić information content (AvgIpc) is 2.65. The maximum absolute atomic E-state index is 12.7. The molecule has 0 heterocycles. The molecule has 0 bridgehead atoms. The molecule has 0 unspecified atom stereocenters. The molecule has 0 atom stereocenters. The second-order valence-electron chi connectivity index (χ2n) is 8.12. The van der Waals surface area contributed by atoms with Gasteiger partial charge < -0.3 is 5.32 Å². The molecule has 0 saturated heterocycles. The topological polar surface area (TPSA) is 46.2 Å². The van der Waals surface area contributed by atoms with Crippen molar-refractivity contribution in [2.75, 3.05) is 5.32 Å². The molecule has 3 nitrogen and oxygen atoms in total. The van der Waals surface area contributed by atoms with Crippen molar-refractivity contribution in [1.29, 1.82) is 0 Å². The Kier molecular flexibility index (Phi) is 7.33. The molecule has 0 aromatic heterocycles. The van der Waals surface area contributed by atoms with Gasteiger partial charge in [-0.3, -0.25) is 9.59 Å². The third kappa shape index (κ3) is 5.66. The zero-order valence-electron chi connectivity index (χ0n) is 17.7. The van der Waals surface area contributed by atoms with E-state index in [-0.39, 0.29) is 17.6 Å². The Morgan fingerprint density at radius 1 is 0.750 bits per heavy atom. The normalized spacial score (nSPS) is 11.6. The van der Waals surface area contributed by atoms with E-state index in [1.165, 1.54) is 23.3 Å². The van der Waals surface area contributed by atoms with E-state index in [2.05, 4.69) is 52.9 Å². The quantitative estimate of drug-likeness (QED) is 0.446. The lowest BCUT2D eigenvalue weighted by Gasteiger charge is -2.14. The van der Waals surface area contributed by atoms with Crippen LogP contribution in [0.25, 0.3) is 0 Å². The minimum absolute atomic E-state index is 0.149. The lowest BCUT2D eigenvalue weighted by molar-refractivity contribution is -0.111. The van der Waals surface area contributed by atoms with Gasteiger partial charge in [0.25, 0.3) is 0 Å². The molecular weight excluding hydrogens is 346 g/mol. The van der Waals surface area contributed by atoms with E-state index in [0.717, 1.165) is 11.3 Å². The fourth-order valence-corrected chi connectivity index (χ4v) is 3.02. The lowest BCUT2D eigenvalue weighted by atomic mass is 9.90. The maximum Gasteiger partial charge on any atom is 0.248 e. The molecule has 1 amide bonds. The molecule has 0 saturated carbocycles. The lowest BCUT2D eigenvalue weighted by Crippen LogP contribution is -2.10. The van der Waals surface area contributed by atoms with Gasteiger partial charge in [-0.25, -0.2) is 0 Å². The summed E-state index contributed by atoms with van der Waals surface area (Å²) in [6.45, 7) is 12.7. The molecule has 0 aliphatic heterocycles. The minimum Gasteiger partial charge on any atom is -0.323 e. The second-order valence-corrected chi connectivity index (χ2v) is 8.12. The van der Waals surface area contributed by atoms with Gasteiger partial charge >= 0.3 is 0 Å². The van der Waals surface area contributed by atoms with E-state index in [4.69, 9.17) is 0 Å². The average molecular weight is 378 g/mol. The number of carbonyl (C=O) groups is 2. The molecule has 0 radical (unpaired) electrons. The summed E-state index contributed by atoms with van der Waals surface area (Å²) in [6, 6.07) is 13.7. The number of anilines is 1. The standard InChI is InChI=1S/C25H31NO2/c1-16(2)19-7-10-21(11-8-19)26-25(28)14-13-24(27)22-12-9-20(17(3)4)15-23(22)18(5)6/h7-18H,1-6H3,(H,26,28)/b14-13+. The number of allylic oxidation sites excluding steroid dienone is 1. The van der Waals surface area contributed by atoms with Crippen LogP contribution in [-0.4, -0.2) is 11.7 Å². The fourth-order valence-electron chi connectivity index (χ4n) is 3.02. The molecule has 0 spiro atoms. The van der Waals surface area contributed by atoms with Crippen LogP contribution in [0.3, 0.4) is 0 Å². The van der Waals surface area contributed by atoms with Crippen LogP contribution in [0.5, 0.6) is 0 Å². The van der Waals surface area contributed by atoms with Crippen LogP contribution in [0, 0.1) is 0 Å². The van der Waals surface area contributed by atoms with Gasteiger partial charge in [-0.05, 0) is 52.7 Å². The Morgan fingerprint density at radius 2 is 1.32 bits per heavy atom. The van der Waals surface area contributed by atoms with E-state index in [9.17, 15) is 9.59 Å². The van der Waals surface area contributed by atoms with E-state index in [0.29, 0.717) is 17.4 Å². The SMILES string of the molecule is CC(C)c1ccc(NC(=O)/C=C/C(=O)c2ccc(C(C)C)cc2C(C)C)cc1. The number of hydrogen-bond acceptors (Lipinski definition) is 2. The van der Waals surface area contributed by atoms with Crippen LogP contribution in [-0.2, 0) is 4.79 Å². The number of amides is 1. The fraction of sp³-hybridized carbons (Fsp3) is 0.360. The number of ketones is 1. The molecule has 2 rings (SSSR count). The summed E-state index contributed by atoms with van der Waals surface area (Å²) < 4.78 is 0. The molecule has 2 aromatic rings. The highest BCUT2D eigenvalue weighted by Crippen LogP contribution is 2.25. The van der Waals surface area contributed by atoms with Crippen LogP contribution in [0.2, 0.25) is 0 Å². The van der Waals surface area contributed by atoms with E-state index < -0.39 is 0 Å². The Labute approximate surface area is 168 Å². The monoisotopic (exact) mass is 377 g/mol. The first kappa shape index (κ1) is 21.6. The Bertz CT molecular complexity index is 859. The van der Waals surface area contributed by atoms with Gasteiger partial charge in [-0.1, -0.05) is 71.9 Å². The summed E-state index contributed by atoms with van der Waals surface area (Å²) in [5.74, 6) is 0.628. The molecule has 2 aromatic carbocycles. The third-order valence-electron chi connectivity index (χ3n) is 4.86. The molecule has 3 heteroatoms. The van der Waals surface area contributed by atoms with Crippen LogP contribution < -0.4 is 5.32 Å². The van der Waals surface area contributed by atoms with Gasteiger partial charge in [0.1, 0.15) is 0 Å². The highest BCUT2D eigenvalue weighted by Gasteiger charge is 2.14. The van der Waals surface area contributed by atoms with E-state index >= 15 is 0 Å². The van der Waals surface area contributed by atoms with Gasteiger partial charge in [0.2, 0.25) is 5.91 Å². The predicted molar refractivity (Wildman–Crippen MR) is 117 cm³/mol. The number of nitrogens with one attached hydrogen (secondary N) is 1. The first-order chi connectivity index (χ1) is 13.2. The maximum atomic E-state index is 12.7. The predicted octanol–water partition coefficient (Wildman–Crippen LogP) is 6.43. The first-order valence-corrected chi connectivity index (χ1v) is 9.96. The van der Waals surface area contributed by atoms with Gasteiger partial charge in [0, 0.05) is 17.3 Å². The van der Waals surface area contributed by atoms with Crippen LogP contribution in [0.1, 0.15) is 86.3 Å². The third-order valence-corrected chi connectivity index (χ3v) is 4.86. The molecule has 28 heavy (non-hydrogen) atoms. The van der Waals surface area contributed by atoms with Crippen LogP contribution >= 0.6 is 0 Å². The highest BCUT2D eigenvalue weighted by atomic mass is 16.1. The number of carbonyl (C=O) groups excluding carboxylic acids is 2. The van der Waals surface area contributed by atoms with Crippen LogP contribution in [0.4, 0.5) is 5.69 Å². The Morgan fingerprint density at radius 3 is 1.86 bits per heavy atom. The molecule has 0 aliphatic rings.